The van der Waals surface area contributed by atoms with E-state index in [-0.39, 0.29) is 11.8 Å². The van der Waals surface area contributed by atoms with E-state index in [9.17, 15) is 19.8 Å². The van der Waals surface area contributed by atoms with Gasteiger partial charge in [-0.3, -0.25) is 9.59 Å². The van der Waals surface area contributed by atoms with Crippen molar-refractivity contribution in [1.29, 1.82) is 0 Å². The highest BCUT2D eigenvalue weighted by molar-refractivity contribution is 5.77. The highest BCUT2D eigenvalue weighted by Gasteiger charge is 2.19. The number of benzene rings is 2. The topological polar surface area (TPSA) is 98.7 Å². The summed E-state index contributed by atoms with van der Waals surface area (Å²) in [6.07, 6.45) is 0.200. The minimum Gasteiger partial charge on any atom is -0.386 e. The first-order chi connectivity index (χ1) is 14.4. The van der Waals surface area contributed by atoms with Gasteiger partial charge < -0.3 is 20.8 Å². The third-order valence-corrected chi connectivity index (χ3v) is 5.06. The number of carbonyl (C=O) groups is 2. The van der Waals surface area contributed by atoms with Crippen LogP contribution in [0.15, 0.2) is 60.7 Å². The van der Waals surface area contributed by atoms with Gasteiger partial charge in [0, 0.05) is 12.8 Å². The smallest absolute Gasteiger partial charge is 0.220 e. The van der Waals surface area contributed by atoms with E-state index in [2.05, 4.69) is 10.6 Å². The second-order valence-corrected chi connectivity index (χ2v) is 7.63. The molecule has 0 saturated carbocycles. The van der Waals surface area contributed by atoms with Gasteiger partial charge in [-0.2, -0.15) is 0 Å². The van der Waals surface area contributed by atoms with Crippen molar-refractivity contribution >= 4 is 11.8 Å². The Balaban J connectivity index is 1.64. The lowest BCUT2D eigenvalue weighted by molar-refractivity contribution is -0.124. The summed E-state index contributed by atoms with van der Waals surface area (Å²) in [4.78, 5) is 24.2. The zero-order chi connectivity index (χ0) is 21.9. The Hall–Kier alpha value is -2.70. The van der Waals surface area contributed by atoms with E-state index in [4.69, 9.17) is 0 Å². The summed E-state index contributed by atoms with van der Waals surface area (Å²) in [6.45, 7) is 3.53. The molecule has 162 valence electrons. The molecule has 0 aliphatic carbocycles. The van der Waals surface area contributed by atoms with Crippen LogP contribution in [0.3, 0.4) is 0 Å². The second kappa shape index (κ2) is 12.1. The third kappa shape index (κ3) is 7.61. The molecule has 0 fully saturated rings. The van der Waals surface area contributed by atoms with Crippen molar-refractivity contribution in [3.63, 3.8) is 0 Å². The molecule has 4 N–H and O–H groups in total. The standard InChI is InChI=1S/C24H32N2O4/c1-17(23(29)19-11-5-3-6-12-19)25-21(27)15-9-10-16-22(28)26-18(2)24(30)20-13-7-4-8-14-20/h3-8,11-14,17-18,23-24,29-30H,9-10,15-16H2,1-2H3,(H,25,27)(H,26,28). The number of aliphatic hydroxyl groups excluding tert-OH is 2. The normalized spacial score (nSPS) is 14.9. The first-order valence-corrected chi connectivity index (χ1v) is 10.4. The van der Waals surface area contributed by atoms with E-state index in [1.807, 2.05) is 60.7 Å². The van der Waals surface area contributed by atoms with Crippen molar-refractivity contribution < 1.29 is 19.8 Å². The summed E-state index contributed by atoms with van der Waals surface area (Å²) < 4.78 is 0. The Morgan fingerprint density at radius 2 is 1.03 bits per heavy atom. The molecule has 4 unspecified atom stereocenters. The highest BCUT2D eigenvalue weighted by Crippen LogP contribution is 2.17. The highest BCUT2D eigenvalue weighted by atomic mass is 16.3. The lowest BCUT2D eigenvalue weighted by Gasteiger charge is -2.21. The molecule has 2 amide bonds. The van der Waals surface area contributed by atoms with Gasteiger partial charge >= 0.3 is 0 Å². The molecule has 0 heterocycles. The van der Waals surface area contributed by atoms with E-state index in [0.29, 0.717) is 25.7 Å². The summed E-state index contributed by atoms with van der Waals surface area (Å²) in [5, 5.41) is 26.2. The Morgan fingerprint density at radius 3 is 1.37 bits per heavy atom. The number of aliphatic hydroxyl groups is 2. The van der Waals surface area contributed by atoms with Crippen LogP contribution in [-0.2, 0) is 9.59 Å². The fourth-order valence-electron chi connectivity index (χ4n) is 3.26. The van der Waals surface area contributed by atoms with Crippen LogP contribution in [0.4, 0.5) is 0 Å². The van der Waals surface area contributed by atoms with Crippen LogP contribution in [0.1, 0.15) is 62.9 Å². The summed E-state index contributed by atoms with van der Waals surface area (Å²) in [6, 6.07) is 17.6. The maximum Gasteiger partial charge on any atom is 0.220 e. The lowest BCUT2D eigenvalue weighted by atomic mass is 10.0. The van der Waals surface area contributed by atoms with Gasteiger partial charge in [-0.15, -0.1) is 0 Å². The van der Waals surface area contributed by atoms with Crippen LogP contribution >= 0.6 is 0 Å². The molecular weight excluding hydrogens is 380 g/mol. The van der Waals surface area contributed by atoms with Crippen LogP contribution in [0.2, 0.25) is 0 Å². The van der Waals surface area contributed by atoms with Gasteiger partial charge in [-0.05, 0) is 37.8 Å². The second-order valence-electron chi connectivity index (χ2n) is 7.63. The zero-order valence-corrected chi connectivity index (χ0v) is 17.6. The largest absolute Gasteiger partial charge is 0.386 e. The molecule has 2 rings (SSSR count). The van der Waals surface area contributed by atoms with Crippen molar-refractivity contribution in [2.75, 3.05) is 0 Å². The van der Waals surface area contributed by atoms with E-state index >= 15 is 0 Å². The van der Waals surface area contributed by atoms with Crippen LogP contribution < -0.4 is 10.6 Å². The molecule has 6 nitrogen and oxygen atoms in total. The average Bonchev–Trinajstić information content (AvgIpc) is 2.76. The number of hydrogen-bond acceptors (Lipinski definition) is 4. The Kier molecular flexibility index (Phi) is 9.51. The van der Waals surface area contributed by atoms with Crippen LogP contribution in [-0.4, -0.2) is 34.1 Å². The molecule has 0 aliphatic heterocycles. The van der Waals surface area contributed by atoms with Gasteiger partial charge in [-0.1, -0.05) is 60.7 Å². The predicted octanol–water partition coefficient (Wildman–Crippen LogP) is 3.02. The molecule has 4 atom stereocenters. The maximum absolute atomic E-state index is 12.1. The first kappa shape index (κ1) is 23.6. The molecule has 0 bridgehead atoms. The van der Waals surface area contributed by atoms with Crippen molar-refractivity contribution in [3.8, 4) is 0 Å². The number of unbranched alkanes of at least 4 members (excludes halogenated alkanes) is 1. The van der Waals surface area contributed by atoms with Gasteiger partial charge in [0.2, 0.25) is 11.8 Å². The van der Waals surface area contributed by atoms with E-state index in [0.717, 1.165) is 11.1 Å². The molecule has 0 aromatic heterocycles. The fourth-order valence-corrected chi connectivity index (χ4v) is 3.26. The number of carbonyl (C=O) groups excluding carboxylic acids is 2. The van der Waals surface area contributed by atoms with Crippen molar-refractivity contribution in [3.05, 3.63) is 71.8 Å². The average molecular weight is 413 g/mol. The van der Waals surface area contributed by atoms with Crippen molar-refractivity contribution in [2.45, 2.75) is 63.8 Å². The van der Waals surface area contributed by atoms with Crippen LogP contribution in [0.5, 0.6) is 0 Å². The van der Waals surface area contributed by atoms with Gasteiger partial charge in [0.1, 0.15) is 0 Å². The maximum atomic E-state index is 12.1. The molecule has 0 aliphatic rings. The number of hydrogen-bond donors (Lipinski definition) is 4. The SMILES string of the molecule is CC(NC(=O)CCCCC(=O)NC(C)C(O)c1ccccc1)C(O)c1ccccc1. The molecular formula is C24H32N2O4. The van der Waals surface area contributed by atoms with Crippen molar-refractivity contribution in [2.24, 2.45) is 0 Å². The van der Waals surface area contributed by atoms with Gasteiger partial charge in [0.05, 0.1) is 24.3 Å². The Morgan fingerprint density at radius 1 is 0.700 bits per heavy atom. The molecule has 2 aromatic carbocycles. The van der Waals surface area contributed by atoms with Gasteiger partial charge in [0.25, 0.3) is 0 Å². The van der Waals surface area contributed by atoms with E-state index in [1.54, 1.807) is 13.8 Å². The monoisotopic (exact) mass is 412 g/mol. The van der Waals surface area contributed by atoms with Crippen LogP contribution in [0.25, 0.3) is 0 Å². The summed E-state index contributed by atoms with van der Waals surface area (Å²) in [5.74, 6) is -0.295. The summed E-state index contributed by atoms with van der Waals surface area (Å²) in [5.41, 5.74) is 1.52. The minimum atomic E-state index is -0.765. The summed E-state index contributed by atoms with van der Waals surface area (Å²) >= 11 is 0. The molecule has 0 spiro atoms. The summed E-state index contributed by atoms with van der Waals surface area (Å²) in [7, 11) is 0. The predicted molar refractivity (Wildman–Crippen MR) is 116 cm³/mol. The third-order valence-electron chi connectivity index (χ3n) is 5.06. The van der Waals surface area contributed by atoms with Gasteiger partial charge in [-0.25, -0.2) is 0 Å². The first-order valence-electron chi connectivity index (χ1n) is 10.4. The Labute approximate surface area is 178 Å². The number of amides is 2. The van der Waals surface area contributed by atoms with E-state index < -0.39 is 24.3 Å². The molecule has 6 heteroatoms. The zero-order valence-electron chi connectivity index (χ0n) is 17.6. The quantitative estimate of drug-likeness (QED) is 0.426. The van der Waals surface area contributed by atoms with Crippen molar-refractivity contribution in [1.82, 2.24) is 10.6 Å². The lowest BCUT2D eigenvalue weighted by Crippen LogP contribution is -2.37. The number of nitrogens with one attached hydrogen (secondary N) is 2. The molecule has 0 radical (unpaired) electrons. The molecule has 2 aromatic rings. The van der Waals surface area contributed by atoms with Gasteiger partial charge in [0.15, 0.2) is 0 Å². The fraction of sp³-hybridized carbons (Fsp3) is 0.417. The molecule has 0 saturated heterocycles. The van der Waals surface area contributed by atoms with Crippen LogP contribution in [0, 0.1) is 0 Å². The minimum absolute atomic E-state index is 0.147. The number of rotatable bonds is 11. The molecule has 30 heavy (non-hydrogen) atoms. The Bertz CT molecular complexity index is 715. The van der Waals surface area contributed by atoms with E-state index in [1.165, 1.54) is 0 Å².